The Kier molecular flexibility index (Phi) is 5.33. The van der Waals surface area contributed by atoms with Crippen molar-refractivity contribution < 1.29 is 14.7 Å². The maximum absolute atomic E-state index is 12.7. The van der Waals surface area contributed by atoms with Crippen molar-refractivity contribution in [3.05, 3.63) is 29.8 Å². The minimum atomic E-state index is -0.164. The van der Waals surface area contributed by atoms with E-state index in [1.165, 1.54) is 6.92 Å². The summed E-state index contributed by atoms with van der Waals surface area (Å²) in [6.45, 7) is 2.11. The van der Waals surface area contributed by atoms with Crippen LogP contribution >= 0.6 is 0 Å². The molecule has 0 saturated carbocycles. The quantitative estimate of drug-likeness (QED) is 0.895. The number of likely N-dealkylation sites (tertiary alicyclic amines) is 1. The second-order valence-electron chi connectivity index (χ2n) is 5.45. The fourth-order valence-corrected chi connectivity index (χ4v) is 2.73. The number of rotatable bonds is 3. The predicted molar refractivity (Wildman–Crippen MR) is 81.1 cm³/mol. The van der Waals surface area contributed by atoms with Gasteiger partial charge in [0.05, 0.1) is 12.6 Å². The topological polar surface area (TPSA) is 69.6 Å². The van der Waals surface area contributed by atoms with Gasteiger partial charge in [-0.05, 0) is 31.0 Å². The zero-order chi connectivity index (χ0) is 15.2. The van der Waals surface area contributed by atoms with Crippen molar-refractivity contribution in [2.75, 3.05) is 18.5 Å². The molecule has 0 aliphatic carbocycles. The van der Waals surface area contributed by atoms with Gasteiger partial charge in [0, 0.05) is 24.7 Å². The third kappa shape index (κ3) is 4.04. The van der Waals surface area contributed by atoms with Crippen LogP contribution in [-0.2, 0) is 4.79 Å². The lowest BCUT2D eigenvalue weighted by molar-refractivity contribution is -0.114. The number of amides is 2. The lowest BCUT2D eigenvalue weighted by Gasteiger charge is -2.28. The van der Waals surface area contributed by atoms with E-state index in [4.69, 9.17) is 0 Å². The Balaban J connectivity index is 2.19. The number of benzene rings is 1. The smallest absolute Gasteiger partial charge is 0.254 e. The van der Waals surface area contributed by atoms with Crippen LogP contribution in [0.1, 0.15) is 43.0 Å². The number of nitrogens with one attached hydrogen (secondary N) is 1. The first kappa shape index (κ1) is 15.5. The lowest BCUT2D eigenvalue weighted by Crippen LogP contribution is -2.42. The van der Waals surface area contributed by atoms with Gasteiger partial charge in [0.2, 0.25) is 5.91 Å². The van der Waals surface area contributed by atoms with Crippen molar-refractivity contribution in [1.82, 2.24) is 4.90 Å². The fraction of sp³-hybridized carbons (Fsp3) is 0.500. The first-order valence-electron chi connectivity index (χ1n) is 7.41. The van der Waals surface area contributed by atoms with E-state index in [0.29, 0.717) is 17.8 Å². The standard InChI is InChI=1S/C16H22N2O3/c1-12(20)17-14-7-5-6-13(10-14)16(21)18-9-4-2-3-8-15(18)11-19/h5-7,10,15,19H,2-4,8-9,11H2,1H3,(H,17,20). The van der Waals surface area contributed by atoms with Crippen LogP contribution in [0.3, 0.4) is 0 Å². The number of anilines is 1. The van der Waals surface area contributed by atoms with Crippen LogP contribution in [0.5, 0.6) is 0 Å². The molecule has 5 nitrogen and oxygen atoms in total. The van der Waals surface area contributed by atoms with Crippen LogP contribution in [-0.4, -0.2) is 41.0 Å². The molecule has 2 rings (SSSR count). The minimum Gasteiger partial charge on any atom is -0.394 e. The van der Waals surface area contributed by atoms with Crippen molar-refractivity contribution in [3.63, 3.8) is 0 Å². The lowest BCUT2D eigenvalue weighted by atomic mass is 10.1. The molecule has 1 aliphatic heterocycles. The number of carbonyl (C=O) groups is 2. The molecular weight excluding hydrogens is 268 g/mol. The molecule has 114 valence electrons. The van der Waals surface area contributed by atoms with E-state index in [1.54, 1.807) is 29.2 Å². The van der Waals surface area contributed by atoms with Gasteiger partial charge in [0.1, 0.15) is 0 Å². The Labute approximate surface area is 125 Å². The first-order valence-corrected chi connectivity index (χ1v) is 7.41. The summed E-state index contributed by atoms with van der Waals surface area (Å²) in [6, 6.07) is 6.83. The van der Waals surface area contributed by atoms with Gasteiger partial charge < -0.3 is 15.3 Å². The molecule has 0 spiro atoms. The van der Waals surface area contributed by atoms with E-state index >= 15 is 0 Å². The van der Waals surface area contributed by atoms with E-state index < -0.39 is 0 Å². The number of hydrogen-bond acceptors (Lipinski definition) is 3. The van der Waals surface area contributed by atoms with Gasteiger partial charge in [-0.1, -0.05) is 18.9 Å². The molecule has 1 atom stereocenters. The summed E-state index contributed by atoms with van der Waals surface area (Å²) in [5.74, 6) is -0.245. The highest BCUT2D eigenvalue weighted by Gasteiger charge is 2.25. The molecule has 1 aromatic carbocycles. The average molecular weight is 290 g/mol. The molecule has 1 aliphatic rings. The average Bonchev–Trinajstić information content (AvgIpc) is 2.71. The maximum Gasteiger partial charge on any atom is 0.254 e. The molecule has 0 bridgehead atoms. The van der Waals surface area contributed by atoms with Crippen molar-refractivity contribution in [2.45, 2.75) is 38.6 Å². The molecule has 1 heterocycles. The van der Waals surface area contributed by atoms with Crippen molar-refractivity contribution in [2.24, 2.45) is 0 Å². The number of nitrogens with zero attached hydrogens (tertiary/aromatic N) is 1. The van der Waals surface area contributed by atoms with Gasteiger partial charge in [0.15, 0.2) is 0 Å². The summed E-state index contributed by atoms with van der Waals surface area (Å²) in [5, 5.41) is 12.2. The third-order valence-corrected chi connectivity index (χ3v) is 3.78. The number of aliphatic hydroxyl groups is 1. The highest BCUT2D eigenvalue weighted by atomic mass is 16.3. The third-order valence-electron chi connectivity index (χ3n) is 3.78. The van der Waals surface area contributed by atoms with Crippen LogP contribution in [0, 0.1) is 0 Å². The van der Waals surface area contributed by atoms with Gasteiger partial charge in [-0.2, -0.15) is 0 Å². The van der Waals surface area contributed by atoms with Crippen LogP contribution in [0.4, 0.5) is 5.69 Å². The number of hydrogen-bond donors (Lipinski definition) is 2. The molecule has 1 saturated heterocycles. The summed E-state index contributed by atoms with van der Waals surface area (Å²) in [7, 11) is 0. The van der Waals surface area contributed by atoms with Crippen LogP contribution in [0.15, 0.2) is 24.3 Å². The maximum atomic E-state index is 12.7. The highest BCUT2D eigenvalue weighted by Crippen LogP contribution is 2.20. The van der Waals surface area contributed by atoms with Crippen LogP contribution < -0.4 is 5.32 Å². The van der Waals surface area contributed by atoms with Gasteiger partial charge in [-0.25, -0.2) is 0 Å². The van der Waals surface area contributed by atoms with E-state index in [1.807, 2.05) is 0 Å². The van der Waals surface area contributed by atoms with Crippen LogP contribution in [0.25, 0.3) is 0 Å². The number of aliphatic hydroxyl groups excluding tert-OH is 1. The summed E-state index contributed by atoms with van der Waals surface area (Å²) >= 11 is 0. The molecule has 2 amide bonds. The van der Waals surface area contributed by atoms with E-state index in [-0.39, 0.29) is 24.5 Å². The van der Waals surface area contributed by atoms with Crippen molar-refractivity contribution in [1.29, 1.82) is 0 Å². The largest absolute Gasteiger partial charge is 0.394 e. The molecule has 0 aromatic heterocycles. The van der Waals surface area contributed by atoms with Crippen LogP contribution in [0.2, 0.25) is 0 Å². The second-order valence-corrected chi connectivity index (χ2v) is 5.45. The molecular formula is C16H22N2O3. The van der Waals surface area contributed by atoms with E-state index in [9.17, 15) is 14.7 Å². The second kappa shape index (κ2) is 7.22. The Morgan fingerprint density at radius 1 is 1.33 bits per heavy atom. The summed E-state index contributed by atoms with van der Waals surface area (Å²) in [4.78, 5) is 25.5. The molecule has 2 N–H and O–H groups in total. The zero-order valence-corrected chi connectivity index (χ0v) is 12.3. The molecule has 21 heavy (non-hydrogen) atoms. The summed E-state index contributed by atoms with van der Waals surface area (Å²) < 4.78 is 0. The summed E-state index contributed by atoms with van der Waals surface area (Å²) in [5.41, 5.74) is 1.16. The van der Waals surface area contributed by atoms with Gasteiger partial charge in [0.25, 0.3) is 5.91 Å². The van der Waals surface area contributed by atoms with E-state index in [2.05, 4.69) is 5.32 Å². The molecule has 5 heteroatoms. The van der Waals surface area contributed by atoms with Crippen molar-refractivity contribution >= 4 is 17.5 Å². The predicted octanol–water partition coefficient (Wildman–Crippen LogP) is 2.02. The zero-order valence-electron chi connectivity index (χ0n) is 12.3. The highest BCUT2D eigenvalue weighted by molar-refractivity contribution is 5.97. The molecule has 1 fully saturated rings. The SMILES string of the molecule is CC(=O)Nc1cccc(C(=O)N2CCCCCC2CO)c1. The summed E-state index contributed by atoms with van der Waals surface area (Å²) in [6.07, 6.45) is 3.94. The molecule has 1 unspecified atom stereocenters. The minimum absolute atomic E-state index is 0.00285. The first-order chi connectivity index (χ1) is 10.1. The normalized spacial score (nSPS) is 19.0. The van der Waals surface area contributed by atoms with Gasteiger partial charge in [-0.15, -0.1) is 0 Å². The Bertz CT molecular complexity index is 516. The number of carbonyl (C=O) groups excluding carboxylic acids is 2. The van der Waals surface area contributed by atoms with Gasteiger partial charge in [-0.3, -0.25) is 9.59 Å². The monoisotopic (exact) mass is 290 g/mol. The van der Waals surface area contributed by atoms with Crippen molar-refractivity contribution in [3.8, 4) is 0 Å². The Hall–Kier alpha value is -1.88. The molecule has 1 aromatic rings. The van der Waals surface area contributed by atoms with Gasteiger partial charge >= 0.3 is 0 Å². The Morgan fingerprint density at radius 2 is 2.14 bits per heavy atom. The molecule has 0 radical (unpaired) electrons. The van der Waals surface area contributed by atoms with E-state index in [0.717, 1.165) is 25.7 Å². The Morgan fingerprint density at radius 3 is 2.86 bits per heavy atom. The fourth-order valence-electron chi connectivity index (χ4n) is 2.73.